The summed E-state index contributed by atoms with van der Waals surface area (Å²) < 4.78 is 11.4. The number of methoxy groups -OCH3 is 1. The van der Waals surface area contributed by atoms with E-state index in [1.54, 1.807) is 13.2 Å². The first-order valence-electron chi connectivity index (χ1n) is 6.09. The van der Waals surface area contributed by atoms with Crippen LogP contribution < -0.4 is 14.8 Å². The van der Waals surface area contributed by atoms with Crippen molar-refractivity contribution in [3.63, 3.8) is 0 Å². The summed E-state index contributed by atoms with van der Waals surface area (Å²) in [5.41, 5.74) is 0.861. The number of hydrogen-bond donors (Lipinski definition) is 1. The molecule has 0 spiro atoms. The van der Waals surface area contributed by atoms with Crippen molar-refractivity contribution < 1.29 is 14.3 Å². The van der Waals surface area contributed by atoms with Crippen molar-refractivity contribution in [1.82, 2.24) is 5.32 Å². The number of amides is 1. The number of carbonyl (C=O) groups excluding carboxylic acids is 1. The van der Waals surface area contributed by atoms with Gasteiger partial charge < -0.3 is 14.8 Å². The maximum absolute atomic E-state index is 11.6. The van der Waals surface area contributed by atoms with Gasteiger partial charge >= 0.3 is 0 Å². The molecule has 4 nitrogen and oxygen atoms in total. The van der Waals surface area contributed by atoms with Gasteiger partial charge in [0.2, 0.25) is 0 Å². The lowest BCUT2D eigenvalue weighted by Crippen LogP contribution is -2.17. The second kappa shape index (κ2) is 6.28. The van der Waals surface area contributed by atoms with Crippen molar-refractivity contribution >= 4 is 40.3 Å². The van der Waals surface area contributed by atoms with Crippen LogP contribution in [0.25, 0.3) is 6.08 Å². The highest BCUT2D eigenvalue weighted by Gasteiger charge is 2.22. The fraction of sp³-hybridized carbons (Fsp3) is 0.286. The lowest BCUT2D eigenvalue weighted by atomic mass is 10.2. The molecule has 0 aromatic heterocycles. The van der Waals surface area contributed by atoms with Crippen LogP contribution in [0.5, 0.6) is 11.5 Å². The Bertz CT molecular complexity index is 582. The van der Waals surface area contributed by atoms with Crippen molar-refractivity contribution in [3.05, 3.63) is 28.7 Å². The summed E-state index contributed by atoms with van der Waals surface area (Å²) in [6.07, 6.45) is 1.85. The molecule has 20 heavy (non-hydrogen) atoms. The molecule has 0 radical (unpaired) electrons. The Kier molecular flexibility index (Phi) is 4.67. The molecule has 106 valence electrons. The molecule has 0 saturated carbocycles. The van der Waals surface area contributed by atoms with Gasteiger partial charge in [-0.05, 0) is 37.6 Å². The van der Waals surface area contributed by atoms with Crippen LogP contribution in [0.2, 0.25) is 0 Å². The molecule has 1 aliphatic heterocycles. The highest BCUT2D eigenvalue weighted by atomic mass is 32.2. The zero-order valence-corrected chi connectivity index (χ0v) is 13.1. The van der Waals surface area contributed by atoms with Crippen LogP contribution in [0.3, 0.4) is 0 Å². The Labute approximate surface area is 127 Å². The first-order valence-corrected chi connectivity index (χ1v) is 7.31. The number of ether oxygens (including phenoxy) is 2. The largest absolute Gasteiger partial charge is 0.493 e. The SMILES string of the molecule is COc1cc(C=C2SC(=S)NC2=O)ccc1OC(C)C. The van der Waals surface area contributed by atoms with Crippen molar-refractivity contribution in [2.24, 2.45) is 0 Å². The number of rotatable bonds is 4. The molecule has 1 amide bonds. The Morgan fingerprint density at radius 2 is 2.10 bits per heavy atom. The Morgan fingerprint density at radius 3 is 2.65 bits per heavy atom. The monoisotopic (exact) mass is 309 g/mol. The van der Waals surface area contributed by atoms with Crippen molar-refractivity contribution in [2.75, 3.05) is 7.11 Å². The Morgan fingerprint density at radius 1 is 1.35 bits per heavy atom. The quantitative estimate of drug-likeness (QED) is 0.684. The maximum Gasteiger partial charge on any atom is 0.263 e. The minimum absolute atomic E-state index is 0.0710. The van der Waals surface area contributed by atoms with Gasteiger partial charge in [0.15, 0.2) is 11.5 Å². The molecular weight excluding hydrogens is 294 g/mol. The van der Waals surface area contributed by atoms with Crippen LogP contribution in [0.4, 0.5) is 0 Å². The lowest BCUT2D eigenvalue weighted by molar-refractivity contribution is -0.115. The van der Waals surface area contributed by atoms with Crippen LogP contribution in [0.1, 0.15) is 19.4 Å². The molecule has 0 aliphatic carbocycles. The molecule has 1 N–H and O–H groups in total. The van der Waals surface area contributed by atoms with Gasteiger partial charge in [-0.3, -0.25) is 4.79 Å². The Hall–Kier alpha value is -1.53. The van der Waals surface area contributed by atoms with E-state index in [1.807, 2.05) is 32.0 Å². The van der Waals surface area contributed by atoms with Crippen LogP contribution in [-0.2, 0) is 4.79 Å². The smallest absolute Gasteiger partial charge is 0.263 e. The number of thioether (sulfide) groups is 1. The predicted molar refractivity (Wildman–Crippen MR) is 85.1 cm³/mol. The minimum atomic E-state index is -0.165. The van der Waals surface area contributed by atoms with E-state index in [1.165, 1.54) is 11.8 Å². The topological polar surface area (TPSA) is 47.6 Å². The number of nitrogens with one attached hydrogen (secondary N) is 1. The molecule has 1 heterocycles. The number of thiocarbonyl (C=S) groups is 1. The van der Waals surface area contributed by atoms with E-state index in [9.17, 15) is 4.79 Å². The van der Waals surface area contributed by atoms with E-state index >= 15 is 0 Å². The van der Waals surface area contributed by atoms with Gasteiger partial charge in [0.05, 0.1) is 18.1 Å². The van der Waals surface area contributed by atoms with E-state index in [4.69, 9.17) is 21.7 Å². The number of hydrogen-bond acceptors (Lipinski definition) is 5. The van der Waals surface area contributed by atoms with Gasteiger partial charge in [0.25, 0.3) is 5.91 Å². The molecule has 1 fully saturated rings. The van der Waals surface area contributed by atoms with E-state index in [0.717, 1.165) is 5.56 Å². The van der Waals surface area contributed by atoms with Crippen molar-refractivity contribution in [3.8, 4) is 11.5 Å². The van der Waals surface area contributed by atoms with Crippen molar-refractivity contribution in [2.45, 2.75) is 20.0 Å². The molecule has 0 atom stereocenters. The van der Waals surface area contributed by atoms with Gasteiger partial charge in [-0.2, -0.15) is 0 Å². The fourth-order valence-electron chi connectivity index (χ4n) is 1.70. The number of carbonyl (C=O) groups is 1. The average molecular weight is 309 g/mol. The molecule has 2 rings (SSSR count). The van der Waals surface area contributed by atoms with Gasteiger partial charge in [-0.25, -0.2) is 0 Å². The molecule has 1 aliphatic rings. The first kappa shape index (κ1) is 14.9. The molecule has 1 aromatic rings. The van der Waals surface area contributed by atoms with Crippen LogP contribution >= 0.6 is 24.0 Å². The summed E-state index contributed by atoms with van der Waals surface area (Å²) in [6.45, 7) is 3.91. The van der Waals surface area contributed by atoms with Crippen LogP contribution in [0.15, 0.2) is 23.1 Å². The van der Waals surface area contributed by atoms with E-state index < -0.39 is 0 Å². The van der Waals surface area contributed by atoms with E-state index in [2.05, 4.69) is 5.32 Å². The van der Waals surface area contributed by atoms with Gasteiger partial charge in [-0.15, -0.1) is 0 Å². The van der Waals surface area contributed by atoms with Crippen LogP contribution in [-0.4, -0.2) is 23.4 Å². The maximum atomic E-state index is 11.6. The Balaban J connectivity index is 2.28. The summed E-state index contributed by atoms with van der Waals surface area (Å²) >= 11 is 6.21. The van der Waals surface area contributed by atoms with Gasteiger partial charge in [0, 0.05) is 0 Å². The molecular formula is C14H15NO3S2. The third kappa shape index (κ3) is 3.52. The minimum Gasteiger partial charge on any atom is -0.493 e. The van der Waals surface area contributed by atoms with Gasteiger partial charge in [-0.1, -0.05) is 30.0 Å². The van der Waals surface area contributed by atoms with Gasteiger partial charge in [0.1, 0.15) is 4.32 Å². The molecule has 6 heteroatoms. The zero-order chi connectivity index (χ0) is 14.7. The summed E-state index contributed by atoms with van der Waals surface area (Å²) in [5, 5.41) is 2.58. The third-order valence-corrected chi connectivity index (χ3v) is 3.65. The van der Waals surface area contributed by atoms with E-state index in [0.29, 0.717) is 20.7 Å². The highest BCUT2D eigenvalue weighted by Crippen LogP contribution is 2.32. The lowest BCUT2D eigenvalue weighted by Gasteiger charge is -2.13. The molecule has 1 saturated heterocycles. The van der Waals surface area contributed by atoms with Crippen molar-refractivity contribution in [1.29, 1.82) is 0 Å². The normalized spacial score (nSPS) is 16.7. The zero-order valence-electron chi connectivity index (χ0n) is 11.4. The summed E-state index contributed by atoms with van der Waals surface area (Å²) in [6, 6.07) is 5.55. The van der Waals surface area contributed by atoms with Crippen LogP contribution in [0, 0.1) is 0 Å². The first-order chi connectivity index (χ1) is 9.49. The second-order valence-corrected chi connectivity index (χ2v) is 6.15. The van der Waals surface area contributed by atoms with E-state index in [-0.39, 0.29) is 12.0 Å². The molecule has 0 unspecified atom stereocenters. The summed E-state index contributed by atoms with van der Waals surface area (Å²) in [7, 11) is 1.59. The third-order valence-electron chi connectivity index (χ3n) is 2.49. The highest BCUT2D eigenvalue weighted by molar-refractivity contribution is 8.26. The average Bonchev–Trinajstić information content (AvgIpc) is 2.69. The second-order valence-electron chi connectivity index (χ2n) is 4.43. The molecule has 1 aromatic carbocycles. The standard InChI is InChI=1S/C14H15NO3S2/c1-8(2)18-10-5-4-9(6-11(10)17-3)7-12-13(16)15-14(19)20-12/h4-8H,1-3H3,(H,15,16,19). The fourth-order valence-corrected chi connectivity index (χ4v) is 2.74. The summed E-state index contributed by atoms with van der Waals surface area (Å²) in [5.74, 6) is 1.16. The number of benzene rings is 1. The predicted octanol–water partition coefficient (Wildman–Crippen LogP) is 2.97. The molecule has 0 bridgehead atoms. The summed E-state index contributed by atoms with van der Waals surface area (Å²) in [4.78, 5) is 12.2.